The highest BCUT2D eigenvalue weighted by Crippen LogP contribution is 2.24. The summed E-state index contributed by atoms with van der Waals surface area (Å²) in [6.07, 6.45) is 2.94. The third kappa shape index (κ3) is 2.51. The molecule has 1 aliphatic heterocycles. The lowest BCUT2D eigenvalue weighted by Gasteiger charge is -2.32. The van der Waals surface area contributed by atoms with E-state index in [2.05, 4.69) is 14.9 Å². The first-order valence-corrected chi connectivity index (χ1v) is 7.67. The minimum Gasteiger partial charge on any atom is -0.280 e. The zero-order valence-corrected chi connectivity index (χ0v) is 11.8. The predicted octanol–water partition coefficient (Wildman–Crippen LogP) is 1.56. The van der Waals surface area contributed by atoms with Crippen molar-refractivity contribution in [2.45, 2.75) is 46.1 Å². The summed E-state index contributed by atoms with van der Waals surface area (Å²) in [5.41, 5.74) is 1.97. The Morgan fingerprint density at radius 2 is 2.11 bits per heavy atom. The first-order valence-electron chi connectivity index (χ1n) is 6.23. The van der Waals surface area contributed by atoms with Crippen molar-refractivity contribution >= 4 is 15.9 Å². The molecule has 1 unspecified atom stereocenters. The van der Waals surface area contributed by atoms with E-state index in [9.17, 15) is 8.42 Å². The van der Waals surface area contributed by atoms with Crippen molar-refractivity contribution in [2.75, 3.05) is 11.3 Å². The summed E-state index contributed by atoms with van der Waals surface area (Å²) in [4.78, 5) is 0. The number of hydrogen-bond donors (Lipinski definition) is 2. The number of aryl methyl sites for hydroxylation is 2. The van der Waals surface area contributed by atoms with Gasteiger partial charge < -0.3 is 0 Å². The van der Waals surface area contributed by atoms with Crippen LogP contribution in [0.5, 0.6) is 0 Å². The summed E-state index contributed by atoms with van der Waals surface area (Å²) in [7, 11) is -3.48. The molecule has 18 heavy (non-hydrogen) atoms. The number of aromatic nitrogens is 2. The van der Waals surface area contributed by atoms with Gasteiger partial charge in [-0.3, -0.25) is 9.82 Å². The zero-order chi connectivity index (χ0) is 13.3. The van der Waals surface area contributed by atoms with E-state index in [4.69, 9.17) is 0 Å². The predicted molar refractivity (Wildman–Crippen MR) is 70.6 cm³/mol. The fraction of sp³-hybridized carbons (Fsp3) is 0.727. The van der Waals surface area contributed by atoms with Crippen LogP contribution < -0.4 is 4.72 Å². The molecule has 2 rings (SSSR count). The monoisotopic (exact) mass is 272 g/mol. The Kier molecular flexibility index (Phi) is 3.63. The highest BCUT2D eigenvalue weighted by Gasteiger charge is 2.30. The highest BCUT2D eigenvalue weighted by molar-refractivity contribution is 7.90. The third-order valence-corrected chi connectivity index (χ3v) is 5.03. The Labute approximate surface area is 108 Å². The Morgan fingerprint density at radius 1 is 1.39 bits per heavy atom. The smallest absolute Gasteiger partial charge is 0.280 e. The van der Waals surface area contributed by atoms with Gasteiger partial charge >= 0.3 is 10.2 Å². The van der Waals surface area contributed by atoms with Crippen LogP contribution in [0, 0.1) is 13.8 Å². The van der Waals surface area contributed by atoms with E-state index in [0.29, 0.717) is 17.9 Å². The van der Waals surface area contributed by atoms with Gasteiger partial charge in [0.1, 0.15) is 0 Å². The number of H-pyrrole nitrogens is 1. The molecule has 1 aromatic rings. The molecular weight excluding hydrogens is 252 g/mol. The Morgan fingerprint density at radius 3 is 2.67 bits per heavy atom. The van der Waals surface area contributed by atoms with E-state index >= 15 is 0 Å². The Balaban J connectivity index is 2.21. The summed E-state index contributed by atoms with van der Waals surface area (Å²) in [5.74, 6) is 0. The number of aromatic amines is 1. The number of nitrogens with one attached hydrogen (secondary N) is 2. The van der Waals surface area contributed by atoms with Crippen LogP contribution >= 0.6 is 0 Å². The molecule has 0 amide bonds. The summed E-state index contributed by atoms with van der Waals surface area (Å²) >= 11 is 0. The van der Waals surface area contributed by atoms with Crippen LogP contribution in [-0.4, -0.2) is 35.5 Å². The average Bonchev–Trinajstić information content (AvgIpc) is 2.61. The van der Waals surface area contributed by atoms with Crippen molar-refractivity contribution in [2.24, 2.45) is 0 Å². The molecule has 0 bridgehead atoms. The zero-order valence-electron chi connectivity index (χ0n) is 11.0. The molecule has 1 aromatic heterocycles. The molecule has 7 heteroatoms. The van der Waals surface area contributed by atoms with Crippen molar-refractivity contribution in [1.29, 1.82) is 0 Å². The van der Waals surface area contributed by atoms with E-state index in [1.165, 1.54) is 0 Å². The van der Waals surface area contributed by atoms with Crippen LogP contribution in [0.3, 0.4) is 0 Å². The normalized spacial score (nSPS) is 22.1. The van der Waals surface area contributed by atoms with Crippen molar-refractivity contribution in [3.8, 4) is 0 Å². The van der Waals surface area contributed by atoms with Gasteiger partial charge in [0.25, 0.3) is 0 Å². The molecule has 0 radical (unpaired) electrons. The lowest BCUT2D eigenvalue weighted by molar-refractivity contribution is 0.270. The van der Waals surface area contributed by atoms with Crippen LogP contribution in [0.25, 0.3) is 0 Å². The molecular formula is C11H20N4O2S. The Bertz CT molecular complexity index is 504. The molecule has 0 aliphatic carbocycles. The lowest BCUT2D eigenvalue weighted by atomic mass is 10.1. The highest BCUT2D eigenvalue weighted by atomic mass is 32.2. The number of hydrogen-bond acceptors (Lipinski definition) is 3. The largest absolute Gasteiger partial charge is 0.301 e. The minimum absolute atomic E-state index is 0.0590. The van der Waals surface area contributed by atoms with Crippen molar-refractivity contribution in [3.63, 3.8) is 0 Å². The van der Waals surface area contributed by atoms with Gasteiger partial charge in [-0.2, -0.15) is 17.8 Å². The molecule has 2 heterocycles. The maximum absolute atomic E-state index is 12.3. The molecule has 1 saturated heterocycles. The molecule has 2 N–H and O–H groups in total. The maximum Gasteiger partial charge on any atom is 0.301 e. The molecule has 0 aromatic carbocycles. The molecule has 0 saturated carbocycles. The van der Waals surface area contributed by atoms with Crippen LogP contribution in [-0.2, 0) is 10.2 Å². The summed E-state index contributed by atoms with van der Waals surface area (Å²) < 4.78 is 28.9. The lowest BCUT2D eigenvalue weighted by Crippen LogP contribution is -2.44. The quantitative estimate of drug-likeness (QED) is 0.876. The molecule has 0 spiro atoms. The number of anilines is 1. The van der Waals surface area contributed by atoms with Crippen molar-refractivity contribution in [1.82, 2.24) is 14.5 Å². The first kappa shape index (κ1) is 13.4. The standard InChI is InChI=1S/C11H20N4O2S/c1-8-6-4-5-7-15(8)18(16,17)14-11-9(2)12-13-10(11)3/h8,14H,4-7H2,1-3H3,(H,12,13). The van der Waals surface area contributed by atoms with E-state index in [1.807, 2.05) is 6.92 Å². The van der Waals surface area contributed by atoms with Gasteiger partial charge in [-0.1, -0.05) is 6.42 Å². The Hall–Kier alpha value is -1.08. The SMILES string of the molecule is Cc1n[nH]c(C)c1NS(=O)(=O)N1CCCCC1C. The minimum atomic E-state index is -3.48. The number of piperidine rings is 1. The van der Waals surface area contributed by atoms with Crippen LogP contribution in [0.4, 0.5) is 5.69 Å². The maximum atomic E-state index is 12.3. The van der Waals surface area contributed by atoms with Gasteiger partial charge in [0.05, 0.1) is 17.1 Å². The van der Waals surface area contributed by atoms with Gasteiger partial charge in [-0.25, -0.2) is 0 Å². The van der Waals surface area contributed by atoms with Gasteiger partial charge in [-0.15, -0.1) is 0 Å². The molecule has 102 valence electrons. The fourth-order valence-corrected chi connectivity index (χ4v) is 3.94. The van der Waals surface area contributed by atoms with Gasteiger partial charge in [0, 0.05) is 12.6 Å². The van der Waals surface area contributed by atoms with Gasteiger partial charge in [-0.05, 0) is 33.6 Å². The van der Waals surface area contributed by atoms with E-state index in [1.54, 1.807) is 18.2 Å². The summed E-state index contributed by atoms with van der Waals surface area (Å²) in [6, 6.07) is 0.0590. The fourth-order valence-electron chi connectivity index (χ4n) is 2.32. The van der Waals surface area contributed by atoms with Crippen LogP contribution in [0.2, 0.25) is 0 Å². The summed E-state index contributed by atoms with van der Waals surface area (Å²) in [6.45, 7) is 6.12. The van der Waals surface area contributed by atoms with Crippen LogP contribution in [0.15, 0.2) is 0 Å². The third-order valence-electron chi connectivity index (χ3n) is 3.41. The average molecular weight is 272 g/mol. The second kappa shape index (κ2) is 4.89. The number of rotatable bonds is 3. The topological polar surface area (TPSA) is 78.1 Å². The van der Waals surface area contributed by atoms with E-state index in [0.717, 1.165) is 25.0 Å². The molecule has 1 atom stereocenters. The van der Waals surface area contributed by atoms with E-state index in [-0.39, 0.29) is 6.04 Å². The van der Waals surface area contributed by atoms with Crippen molar-refractivity contribution in [3.05, 3.63) is 11.4 Å². The number of nitrogens with zero attached hydrogens (tertiary/aromatic N) is 2. The van der Waals surface area contributed by atoms with E-state index < -0.39 is 10.2 Å². The van der Waals surface area contributed by atoms with Gasteiger partial charge in [0.2, 0.25) is 0 Å². The van der Waals surface area contributed by atoms with Crippen LogP contribution in [0.1, 0.15) is 37.6 Å². The first-order chi connectivity index (χ1) is 8.42. The molecule has 1 fully saturated rings. The molecule has 6 nitrogen and oxygen atoms in total. The van der Waals surface area contributed by atoms with Crippen molar-refractivity contribution < 1.29 is 8.42 Å². The second-order valence-corrected chi connectivity index (χ2v) is 6.49. The second-order valence-electron chi connectivity index (χ2n) is 4.87. The van der Waals surface area contributed by atoms with Gasteiger partial charge in [0.15, 0.2) is 0 Å². The summed E-state index contributed by atoms with van der Waals surface area (Å²) in [5, 5.41) is 6.77. The molecule has 1 aliphatic rings.